The Morgan fingerprint density at radius 2 is 1.60 bits per heavy atom. The number of pyridine rings is 2. The molecule has 8 nitrogen and oxygen atoms in total. The predicted octanol–water partition coefficient (Wildman–Crippen LogP) is 6.26. The van der Waals surface area contributed by atoms with Gasteiger partial charge >= 0.3 is 0 Å². The first-order valence-electron chi connectivity index (χ1n) is 13.6. The first kappa shape index (κ1) is 26.6. The summed E-state index contributed by atoms with van der Waals surface area (Å²) in [6.45, 7) is 0.576. The maximum absolute atomic E-state index is 13.5. The van der Waals surface area contributed by atoms with Gasteiger partial charge in [-0.1, -0.05) is 36.4 Å². The third-order valence-electron chi connectivity index (χ3n) is 7.16. The van der Waals surface area contributed by atoms with E-state index in [1.807, 2.05) is 89.6 Å². The molecule has 6 rings (SSSR count). The lowest BCUT2D eigenvalue weighted by Crippen LogP contribution is -2.26. The quantitative estimate of drug-likeness (QED) is 0.240. The largest absolute Gasteiger partial charge is 0.311 e. The van der Waals surface area contributed by atoms with Gasteiger partial charge in [0.25, 0.3) is 11.8 Å². The summed E-state index contributed by atoms with van der Waals surface area (Å²) in [6.07, 6.45) is 7.74. The Hall–Kier alpha value is -5.63. The Labute approximate surface area is 243 Å². The van der Waals surface area contributed by atoms with Crippen LogP contribution in [0.1, 0.15) is 26.3 Å². The zero-order valence-corrected chi connectivity index (χ0v) is 23.0. The second-order valence-electron chi connectivity index (χ2n) is 9.87. The number of carbonyl (C=O) groups excluding carboxylic acids is 2. The second-order valence-corrected chi connectivity index (χ2v) is 9.87. The maximum Gasteiger partial charge on any atom is 0.258 e. The van der Waals surface area contributed by atoms with Crippen LogP contribution < -0.4 is 10.2 Å². The van der Waals surface area contributed by atoms with E-state index in [0.29, 0.717) is 41.2 Å². The lowest BCUT2D eigenvalue weighted by atomic mass is 10.0. The molecule has 42 heavy (non-hydrogen) atoms. The summed E-state index contributed by atoms with van der Waals surface area (Å²) in [5, 5.41) is 3.03. The number of carbonyl (C=O) groups is 2. The van der Waals surface area contributed by atoms with E-state index in [2.05, 4.69) is 15.3 Å². The Bertz CT molecular complexity index is 1850. The fraction of sp³-hybridized carbons (Fsp3) is 0.0882. The van der Waals surface area contributed by atoms with Gasteiger partial charge in [0, 0.05) is 55.2 Å². The fourth-order valence-electron chi connectivity index (χ4n) is 4.89. The molecule has 1 N–H and O–H groups in total. The lowest BCUT2D eigenvalue weighted by Gasteiger charge is -2.17. The number of aryl methyl sites for hydroxylation is 2. The van der Waals surface area contributed by atoms with Gasteiger partial charge in [0.1, 0.15) is 0 Å². The van der Waals surface area contributed by atoms with Gasteiger partial charge in [-0.2, -0.15) is 0 Å². The number of anilines is 2. The molecule has 0 fully saturated rings. The van der Waals surface area contributed by atoms with Crippen molar-refractivity contribution in [3.63, 3.8) is 0 Å². The normalized spacial score (nSPS) is 10.9. The predicted molar refractivity (Wildman–Crippen MR) is 164 cm³/mol. The SMILES string of the molecule is CN(C(=O)c1ccccc1)c1ccc2c(c1)nc(NC(=O)c1cccc(-c3ccncc3)c1)n2CCc1cccnc1. The molecule has 8 heteroatoms. The van der Waals surface area contributed by atoms with Crippen molar-refractivity contribution in [1.29, 1.82) is 0 Å². The summed E-state index contributed by atoms with van der Waals surface area (Å²) >= 11 is 0. The molecule has 3 aromatic carbocycles. The van der Waals surface area contributed by atoms with Crippen molar-refractivity contribution >= 4 is 34.5 Å². The van der Waals surface area contributed by atoms with Crippen molar-refractivity contribution in [2.24, 2.45) is 0 Å². The summed E-state index contributed by atoms with van der Waals surface area (Å²) in [7, 11) is 1.74. The summed E-state index contributed by atoms with van der Waals surface area (Å²) < 4.78 is 2.00. The number of hydrogen-bond acceptors (Lipinski definition) is 5. The highest BCUT2D eigenvalue weighted by Crippen LogP contribution is 2.27. The summed E-state index contributed by atoms with van der Waals surface area (Å²) in [5.74, 6) is 0.0522. The molecule has 0 radical (unpaired) electrons. The van der Waals surface area contributed by atoms with Gasteiger partial charge < -0.3 is 9.47 Å². The van der Waals surface area contributed by atoms with E-state index in [4.69, 9.17) is 4.98 Å². The molecule has 0 aliphatic carbocycles. The minimum Gasteiger partial charge on any atom is -0.311 e. The molecule has 6 aromatic rings. The molecule has 2 amide bonds. The lowest BCUT2D eigenvalue weighted by molar-refractivity contribution is 0.0991. The number of nitrogens with one attached hydrogen (secondary N) is 1. The first-order valence-corrected chi connectivity index (χ1v) is 13.6. The van der Waals surface area contributed by atoms with Crippen LogP contribution in [0, 0.1) is 0 Å². The van der Waals surface area contributed by atoms with Gasteiger partial charge in [0.05, 0.1) is 11.0 Å². The molecule has 3 heterocycles. The average molecular weight is 553 g/mol. The topological polar surface area (TPSA) is 93.0 Å². The fourth-order valence-corrected chi connectivity index (χ4v) is 4.89. The van der Waals surface area contributed by atoms with E-state index in [1.54, 1.807) is 48.7 Å². The van der Waals surface area contributed by atoms with Crippen LogP contribution in [0.5, 0.6) is 0 Å². The number of amides is 2. The average Bonchev–Trinajstić information content (AvgIpc) is 3.40. The van der Waals surface area contributed by atoms with Crippen LogP contribution >= 0.6 is 0 Å². The van der Waals surface area contributed by atoms with Crippen LogP contribution in [0.25, 0.3) is 22.2 Å². The first-order chi connectivity index (χ1) is 20.6. The van der Waals surface area contributed by atoms with Crippen LogP contribution in [-0.4, -0.2) is 38.4 Å². The van der Waals surface area contributed by atoms with Gasteiger partial charge in [0.2, 0.25) is 5.95 Å². The number of imidazole rings is 1. The number of fused-ring (bicyclic) bond motifs is 1. The Kier molecular flexibility index (Phi) is 7.50. The molecule has 0 saturated carbocycles. The van der Waals surface area contributed by atoms with E-state index in [1.165, 1.54) is 0 Å². The van der Waals surface area contributed by atoms with Gasteiger partial charge in [-0.05, 0) is 83.8 Å². The van der Waals surface area contributed by atoms with Crippen LogP contribution in [0.15, 0.2) is 122 Å². The highest BCUT2D eigenvalue weighted by Gasteiger charge is 2.18. The molecule has 0 spiro atoms. The Morgan fingerprint density at radius 1 is 0.786 bits per heavy atom. The van der Waals surface area contributed by atoms with E-state index in [-0.39, 0.29) is 11.8 Å². The molecule has 0 aliphatic rings. The Morgan fingerprint density at radius 3 is 2.38 bits per heavy atom. The standard InChI is InChI=1S/C34H28N6O2/c1-39(33(42)26-8-3-2-4-9-26)29-12-13-31-30(22-29)37-34(40(31)20-16-24-7-6-17-36-23-24)38-32(41)28-11-5-10-27(21-28)25-14-18-35-19-15-25/h2-15,17-19,21-23H,16,20H2,1H3,(H,37,38,41). The zero-order valence-electron chi connectivity index (χ0n) is 23.0. The summed E-state index contributed by atoms with van der Waals surface area (Å²) in [5.41, 5.74) is 6.32. The number of benzene rings is 3. The third-order valence-corrected chi connectivity index (χ3v) is 7.16. The van der Waals surface area contributed by atoms with E-state index in [9.17, 15) is 9.59 Å². The molecule has 0 aliphatic heterocycles. The van der Waals surface area contributed by atoms with Crippen molar-refractivity contribution in [3.8, 4) is 11.1 Å². The minimum absolute atomic E-state index is 0.117. The van der Waals surface area contributed by atoms with Crippen LogP contribution in [0.3, 0.4) is 0 Å². The van der Waals surface area contributed by atoms with E-state index < -0.39 is 0 Å². The molecule has 0 bridgehead atoms. The number of hydrogen-bond donors (Lipinski definition) is 1. The van der Waals surface area contributed by atoms with Crippen molar-refractivity contribution in [2.45, 2.75) is 13.0 Å². The number of rotatable bonds is 8. The zero-order chi connectivity index (χ0) is 28.9. The van der Waals surface area contributed by atoms with Gasteiger partial charge in [-0.3, -0.25) is 24.9 Å². The van der Waals surface area contributed by atoms with E-state index >= 15 is 0 Å². The summed E-state index contributed by atoms with van der Waals surface area (Å²) in [6, 6.07) is 30.1. The van der Waals surface area contributed by atoms with Crippen LogP contribution in [0.2, 0.25) is 0 Å². The van der Waals surface area contributed by atoms with Crippen LogP contribution in [0.4, 0.5) is 11.6 Å². The highest BCUT2D eigenvalue weighted by molar-refractivity contribution is 6.07. The van der Waals surface area contributed by atoms with Crippen molar-refractivity contribution in [2.75, 3.05) is 17.3 Å². The maximum atomic E-state index is 13.5. The van der Waals surface area contributed by atoms with Gasteiger partial charge in [-0.15, -0.1) is 0 Å². The molecule has 3 aromatic heterocycles. The molecule has 0 saturated heterocycles. The third kappa shape index (κ3) is 5.64. The second kappa shape index (κ2) is 11.9. The van der Waals surface area contributed by atoms with Crippen LogP contribution in [-0.2, 0) is 13.0 Å². The molecular formula is C34H28N6O2. The molecular weight excluding hydrogens is 524 g/mol. The minimum atomic E-state index is -0.263. The molecule has 0 atom stereocenters. The van der Waals surface area contributed by atoms with Crippen molar-refractivity contribution < 1.29 is 9.59 Å². The monoisotopic (exact) mass is 552 g/mol. The number of nitrogens with zero attached hydrogens (tertiary/aromatic N) is 5. The number of aromatic nitrogens is 4. The van der Waals surface area contributed by atoms with Crippen molar-refractivity contribution in [3.05, 3.63) is 139 Å². The van der Waals surface area contributed by atoms with Gasteiger partial charge in [-0.25, -0.2) is 4.98 Å². The van der Waals surface area contributed by atoms with Gasteiger partial charge in [0.15, 0.2) is 0 Å². The summed E-state index contributed by atoms with van der Waals surface area (Å²) in [4.78, 5) is 41.3. The molecule has 0 unspecified atom stereocenters. The Balaban J connectivity index is 1.32. The van der Waals surface area contributed by atoms with E-state index in [0.717, 1.165) is 22.2 Å². The van der Waals surface area contributed by atoms with Crippen molar-refractivity contribution in [1.82, 2.24) is 19.5 Å². The highest BCUT2D eigenvalue weighted by atomic mass is 16.2. The molecule has 206 valence electrons. The smallest absolute Gasteiger partial charge is 0.258 e.